The summed E-state index contributed by atoms with van der Waals surface area (Å²) in [4.78, 5) is 45.0. The molecular weight excluding hydrogens is 574 g/mol. The van der Waals surface area contributed by atoms with E-state index in [0.717, 1.165) is 59.0 Å². The van der Waals surface area contributed by atoms with E-state index >= 15 is 0 Å². The molecule has 8 nitrogen and oxygen atoms in total. The van der Waals surface area contributed by atoms with Gasteiger partial charge in [-0.25, -0.2) is 0 Å². The zero-order valence-corrected chi connectivity index (χ0v) is 26.2. The van der Waals surface area contributed by atoms with Gasteiger partial charge in [-0.15, -0.1) is 0 Å². The highest BCUT2D eigenvalue weighted by Crippen LogP contribution is 2.24. The van der Waals surface area contributed by atoms with E-state index in [0.29, 0.717) is 18.9 Å². The lowest BCUT2D eigenvalue weighted by atomic mass is 9.95. The Morgan fingerprint density at radius 2 is 1.48 bits per heavy atom. The van der Waals surface area contributed by atoms with Crippen LogP contribution < -0.4 is 16.4 Å². The van der Waals surface area contributed by atoms with E-state index in [1.165, 1.54) is 0 Å². The third-order valence-electron chi connectivity index (χ3n) is 9.29. The Morgan fingerprint density at radius 1 is 0.804 bits per heavy atom. The van der Waals surface area contributed by atoms with Crippen molar-refractivity contribution < 1.29 is 14.4 Å². The Labute approximate surface area is 270 Å². The lowest BCUT2D eigenvalue weighted by molar-refractivity contribution is -0.152. The maximum Gasteiger partial charge on any atom is 0.246 e. The average Bonchev–Trinajstić information content (AvgIpc) is 3.09. The fourth-order valence-electron chi connectivity index (χ4n) is 6.71. The molecule has 238 valence electrons. The topological polar surface area (TPSA) is 108 Å². The van der Waals surface area contributed by atoms with Crippen LogP contribution in [-0.4, -0.2) is 72.3 Å². The molecule has 0 aliphatic carbocycles. The summed E-state index contributed by atoms with van der Waals surface area (Å²) in [5.74, 6) is -0.114. The van der Waals surface area contributed by atoms with E-state index in [1.807, 2.05) is 48.5 Å². The van der Waals surface area contributed by atoms with Gasteiger partial charge in [-0.2, -0.15) is 0 Å². The van der Waals surface area contributed by atoms with Gasteiger partial charge < -0.3 is 26.2 Å². The number of nitrogens with two attached hydrogens (primary N) is 1. The lowest BCUT2D eigenvalue weighted by Gasteiger charge is -2.42. The van der Waals surface area contributed by atoms with Gasteiger partial charge in [0.1, 0.15) is 12.1 Å². The summed E-state index contributed by atoms with van der Waals surface area (Å²) in [6.45, 7) is 3.03. The van der Waals surface area contributed by atoms with Crippen molar-refractivity contribution in [3.63, 3.8) is 0 Å². The minimum Gasteiger partial charge on any atom is -0.342 e. The van der Waals surface area contributed by atoms with Crippen molar-refractivity contribution in [2.24, 2.45) is 11.7 Å². The van der Waals surface area contributed by atoms with Gasteiger partial charge in [0.05, 0.1) is 6.54 Å². The maximum atomic E-state index is 14.3. The van der Waals surface area contributed by atoms with Crippen LogP contribution in [0.25, 0.3) is 21.9 Å². The average molecular weight is 618 g/mol. The molecule has 8 heteroatoms. The van der Waals surface area contributed by atoms with E-state index in [-0.39, 0.29) is 43.8 Å². The van der Waals surface area contributed by atoms with E-state index < -0.39 is 12.1 Å². The summed E-state index contributed by atoms with van der Waals surface area (Å²) in [6.07, 6.45) is 2.52. The Balaban J connectivity index is 1.27. The molecule has 6 rings (SSSR count). The first-order chi connectivity index (χ1) is 22.5. The summed E-state index contributed by atoms with van der Waals surface area (Å²) in [6, 6.07) is 31.0. The fourth-order valence-corrected chi connectivity index (χ4v) is 6.71. The van der Waals surface area contributed by atoms with Crippen LogP contribution in [0.5, 0.6) is 0 Å². The molecular formula is C38H43N5O3. The summed E-state index contributed by atoms with van der Waals surface area (Å²) in [7, 11) is 0. The van der Waals surface area contributed by atoms with Gasteiger partial charge in [-0.3, -0.25) is 14.4 Å². The van der Waals surface area contributed by atoms with Crippen molar-refractivity contribution in [1.29, 1.82) is 0 Å². The molecule has 4 aromatic carbocycles. The molecule has 2 fully saturated rings. The first-order valence-corrected chi connectivity index (χ1v) is 16.4. The largest absolute Gasteiger partial charge is 0.342 e. The van der Waals surface area contributed by atoms with Crippen LogP contribution in [0.1, 0.15) is 30.4 Å². The quantitative estimate of drug-likeness (QED) is 0.235. The monoisotopic (exact) mass is 617 g/mol. The first kappa shape index (κ1) is 31.5. The number of fused-ring (bicyclic) bond motifs is 1. The molecule has 0 bridgehead atoms. The number of piperidine rings is 1. The molecule has 4 N–H and O–H groups in total. The number of nitrogens with zero attached hydrogens (tertiary/aromatic N) is 2. The molecule has 2 saturated heterocycles. The van der Waals surface area contributed by atoms with Crippen LogP contribution in [0.4, 0.5) is 0 Å². The van der Waals surface area contributed by atoms with Crippen LogP contribution in [0.3, 0.4) is 0 Å². The van der Waals surface area contributed by atoms with E-state index in [1.54, 1.807) is 9.80 Å². The van der Waals surface area contributed by atoms with Crippen molar-refractivity contribution in [3.8, 4) is 11.1 Å². The molecule has 0 radical (unpaired) electrons. The molecule has 2 atom stereocenters. The van der Waals surface area contributed by atoms with Crippen LogP contribution >= 0.6 is 0 Å². The number of hydrogen-bond acceptors (Lipinski definition) is 5. The minimum atomic E-state index is -0.808. The van der Waals surface area contributed by atoms with Crippen LogP contribution in [0.2, 0.25) is 0 Å². The number of piperazine rings is 1. The van der Waals surface area contributed by atoms with E-state index in [2.05, 4.69) is 59.2 Å². The summed E-state index contributed by atoms with van der Waals surface area (Å²) < 4.78 is 0. The number of rotatable bonds is 11. The van der Waals surface area contributed by atoms with Gasteiger partial charge in [0.2, 0.25) is 17.7 Å². The van der Waals surface area contributed by atoms with Gasteiger partial charge >= 0.3 is 0 Å². The molecule has 0 saturated carbocycles. The van der Waals surface area contributed by atoms with Crippen molar-refractivity contribution in [2.75, 3.05) is 32.7 Å². The van der Waals surface area contributed by atoms with Crippen molar-refractivity contribution in [3.05, 3.63) is 108 Å². The number of carbonyl (C=O) groups excluding carboxylic acids is 3. The summed E-state index contributed by atoms with van der Waals surface area (Å²) in [5.41, 5.74) is 9.89. The fraction of sp³-hybridized carbons (Fsp3) is 0.342. The van der Waals surface area contributed by atoms with E-state index in [9.17, 15) is 14.4 Å². The van der Waals surface area contributed by atoms with Crippen LogP contribution in [0.15, 0.2) is 97.1 Å². The molecule has 2 aliphatic heterocycles. The normalized spacial score (nSPS) is 18.8. The lowest BCUT2D eigenvalue weighted by Crippen LogP contribution is -2.66. The predicted octanol–water partition coefficient (Wildman–Crippen LogP) is 4.12. The number of carbonyl (C=O) groups is 3. The number of nitrogens with one attached hydrogen (secondary N) is 2. The van der Waals surface area contributed by atoms with Gasteiger partial charge in [-0.1, -0.05) is 97.1 Å². The highest BCUT2D eigenvalue weighted by molar-refractivity contribution is 5.97. The number of hydrogen-bond donors (Lipinski definition) is 3. The zero-order chi connectivity index (χ0) is 31.9. The molecule has 4 aromatic rings. The Kier molecular flexibility index (Phi) is 10.1. The van der Waals surface area contributed by atoms with Gasteiger partial charge in [0.15, 0.2) is 0 Å². The zero-order valence-electron chi connectivity index (χ0n) is 26.2. The summed E-state index contributed by atoms with van der Waals surface area (Å²) >= 11 is 0. The van der Waals surface area contributed by atoms with Gasteiger partial charge in [0.25, 0.3) is 0 Å². The number of amides is 3. The van der Waals surface area contributed by atoms with Crippen LogP contribution in [-0.2, 0) is 27.3 Å². The van der Waals surface area contributed by atoms with Gasteiger partial charge in [0, 0.05) is 32.5 Å². The standard InChI is InChI=1S/C38H43N5O3/c39-19-16-36(44)42(24-28-17-20-40-21-18-28)26-35-37(45)41-34(23-29-12-15-31-8-4-5-9-33(31)22-29)38(46)43(35)25-27-10-13-32(14-11-27)30-6-2-1-3-7-30/h1-15,22,28,34-35,40H,16-21,23-26,39H2,(H,41,45)/t34-,35-/m0/s1. The van der Waals surface area contributed by atoms with Crippen molar-refractivity contribution in [2.45, 2.75) is 44.3 Å². The highest BCUT2D eigenvalue weighted by atomic mass is 16.2. The molecule has 2 heterocycles. The predicted molar refractivity (Wildman–Crippen MR) is 182 cm³/mol. The van der Waals surface area contributed by atoms with E-state index in [4.69, 9.17) is 5.73 Å². The second-order valence-corrected chi connectivity index (χ2v) is 12.5. The molecule has 3 amide bonds. The second-order valence-electron chi connectivity index (χ2n) is 12.5. The maximum absolute atomic E-state index is 14.3. The smallest absolute Gasteiger partial charge is 0.246 e. The first-order valence-electron chi connectivity index (χ1n) is 16.4. The molecule has 0 aromatic heterocycles. The number of benzene rings is 4. The molecule has 46 heavy (non-hydrogen) atoms. The Hall–Kier alpha value is -4.53. The van der Waals surface area contributed by atoms with Gasteiger partial charge in [-0.05, 0) is 64.9 Å². The highest BCUT2D eigenvalue weighted by Gasteiger charge is 2.42. The van der Waals surface area contributed by atoms with Crippen LogP contribution in [0, 0.1) is 5.92 Å². The SMILES string of the molecule is NCCC(=O)N(CC1CCNCC1)C[C@H]1C(=O)N[C@@H](Cc2ccc3ccccc3c2)C(=O)N1Cc1ccc(-c2ccccc2)cc1. The third kappa shape index (κ3) is 7.46. The molecule has 0 spiro atoms. The molecule has 2 aliphatic rings. The summed E-state index contributed by atoms with van der Waals surface area (Å²) in [5, 5.41) is 8.63. The molecule has 0 unspecified atom stereocenters. The Morgan fingerprint density at radius 3 is 2.22 bits per heavy atom. The minimum absolute atomic E-state index is 0.0771. The third-order valence-corrected chi connectivity index (χ3v) is 9.29. The van der Waals surface area contributed by atoms with Crippen molar-refractivity contribution >= 4 is 28.5 Å². The van der Waals surface area contributed by atoms with Crippen molar-refractivity contribution in [1.82, 2.24) is 20.4 Å². The Bertz CT molecular complexity index is 1650. The second kappa shape index (κ2) is 14.7.